The summed E-state index contributed by atoms with van der Waals surface area (Å²) in [4.78, 5) is 0. The van der Waals surface area contributed by atoms with Crippen molar-refractivity contribution in [1.82, 2.24) is 5.32 Å². The van der Waals surface area contributed by atoms with Crippen molar-refractivity contribution in [3.8, 4) is 12.3 Å². The van der Waals surface area contributed by atoms with Gasteiger partial charge in [0.1, 0.15) is 0 Å². The van der Waals surface area contributed by atoms with E-state index >= 15 is 0 Å². The molecule has 0 saturated carbocycles. The highest BCUT2D eigenvalue weighted by atomic mass is 14.9. The van der Waals surface area contributed by atoms with E-state index in [4.69, 9.17) is 6.42 Å². The highest BCUT2D eigenvalue weighted by Gasteiger charge is 2.14. The average molecular weight is 263 g/mol. The van der Waals surface area contributed by atoms with Gasteiger partial charge in [-0.15, -0.1) is 6.42 Å². The number of benzene rings is 1. The molecule has 1 heteroatoms. The Hall–Kier alpha value is -2.20. The fraction of sp³-hybridized carbons (Fsp3) is 0.263. The molecule has 0 radical (unpaired) electrons. The highest BCUT2D eigenvalue weighted by molar-refractivity contribution is 5.54. The van der Waals surface area contributed by atoms with Gasteiger partial charge >= 0.3 is 0 Å². The quantitative estimate of drug-likeness (QED) is 0.798. The number of hydrogen-bond acceptors (Lipinski definition) is 1. The second-order valence-corrected chi connectivity index (χ2v) is 5.37. The van der Waals surface area contributed by atoms with Gasteiger partial charge in [0, 0.05) is 5.57 Å². The first-order valence-electron chi connectivity index (χ1n) is 7.00. The highest BCUT2D eigenvalue weighted by Crippen LogP contribution is 2.27. The number of hydrogen-bond donors (Lipinski definition) is 1. The van der Waals surface area contributed by atoms with Crippen LogP contribution in [0.3, 0.4) is 0 Å². The van der Waals surface area contributed by atoms with E-state index in [9.17, 15) is 0 Å². The molecule has 1 aromatic carbocycles. The molecule has 2 rings (SSSR count). The van der Waals surface area contributed by atoms with E-state index in [-0.39, 0.29) is 6.04 Å². The van der Waals surface area contributed by atoms with Gasteiger partial charge in [-0.2, -0.15) is 0 Å². The number of terminal acetylenes is 1. The van der Waals surface area contributed by atoms with Gasteiger partial charge in [0.05, 0.1) is 6.04 Å². The van der Waals surface area contributed by atoms with Crippen LogP contribution in [0.5, 0.6) is 0 Å². The van der Waals surface area contributed by atoms with Crippen LogP contribution in [0.25, 0.3) is 0 Å². The standard InChI is InChI=1S/C19H21N/c1-5-18(15(4)14(2)3)17-11-12-20-19(13-17)16-9-7-6-8-10-16/h1,6-14,19-20H,2-4H3/b18-15-. The third-order valence-corrected chi connectivity index (χ3v) is 3.74. The van der Waals surface area contributed by atoms with E-state index < -0.39 is 0 Å². The number of nitrogens with one attached hydrogen (secondary N) is 1. The lowest BCUT2D eigenvalue weighted by atomic mass is 9.91. The van der Waals surface area contributed by atoms with Crippen molar-refractivity contribution < 1.29 is 0 Å². The predicted octanol–water partition coefficient (Wildman–Crippen LogP) is 4.38. The Bertz CT molecular complexity index is 594. The normalized spacial score (nSPS) is 18.9. The summed E-state index contributed by atoms with van der Waals surface area (Å²) in [5.41, 5.74) is 4.65. The fourth-order valence-corrected chi connectivity index (χ4v) is 2.26. The number of rotatable bonds is 3. The summed E-state index contributed by atoms with van der Waals surface area (Å²) in [6.07, 6.45) is 12.0. The molecule has 0 spiro atoms. The van der Waals surface area contributed by atoms with Gasteiger partial charge in [-0.3, -0.25) is 0 Å². The van der Waals surface area contributed by atoms with Crippen molar-refractivity contribution >= 4 is 0 Å². The lowest BCUT2D eigenvalue weighted by Gasteiger charge is -2.21. The van der Waals surface area contributed by atoms with Crippen LogP contribution in [0.2, 0.25) is 0 Å². The Labute approximate surface area is 122 Å². The van der Waals surface area contributed by atoms with Crippen LogP contribution in [0, 0.1) is 18.3 Å². The molecule has 1 N–H and O–H groups in total. The summed E-state index contributed by atoms with van der Waals surface area (Å²) in [7, 11) is 0. The maximum atomic E-state index is 5.72. The van der Waals surface area contributed by atoms with Crippen molar-refractivity contribution in [1.29, 1.82) is 0 Å². The molecule has 0 saturated heterocycles. The predicted molar refractivity (Wildman–Crippen MR) is 85.9 cm³/mol. The van der Waals surface area contributed by atoms with Crippen LogP contribution in [-0.2, 0) is 0 Å². The second kappa shape index (κ2) is 6.30. The Morgan fingerprint density at radius 3 is 2.55 bits per heavy atom. The van der Waals surface area contributed by atoms with Crippen LogP contribution in [-0.4, -0.2) is 0 Å². The van der Waals surface area contributed by atoms with E-state index in [1.165, 1.54) is 11.1 Å². The van der Waals surface area contributed by atoms with Crippen LogP contribution in [0.15, 0.2) is 65.4 Å². The zero-order valence-corrected chi connectivity index (χ0v) is 12.4. The SMILES string of the molecule is C#C/C(C1=CC(c2ccccc2)NC=C1)=C(\C)C(C)C. The lowest BCUT2D eigenvalue weighted by Crippen LogP contribution is -2.17. The van der Waals surface area contributed by atoms with Crippen molar-refractivity contribution in [2.24, 2.45) is 5.92 Å². The van der Waals surface area contributed by atoms with Gasteiger partial charge in [0.15, 0.2) is 0 Å². The lowest BCUT2D eigenvalue weighted by molar-refractivity contribution is 0.736. The molecule has 1 nitrogen and oxygen atoms in total. The molecule has 0 amide bonds. The van der Waals surface area contributed by atoms with Gasteiger partial charge < -0.3 is 5.32 Å². The minimum absolute atomic E-state index is 0.180. The molecule has 102 valence electrons. The zero-order valence-electron chi connectivity index (χ0n) is 12.4. The van der Waals surface area contributed by atoms with E-state index in [0.717, 1.165) is 11.1 Å². The average Bonchev–Trinajstić information content (AvgIpc) is 2.49. The molecular weight excluding hydrogens is 242 g/mol. The van der Waals surface area contributed by atoms with Gasteiger partial charge in [-0.05, 0) is 42.3 Å². The summed E-state index contributed by atoms with van der Waals surface area (Å²) >= 11 is 0. The molecule has 1 aliphatic rings. The van der Waals surface area contributed by atoms with Gasteiger partial charge in [0.25, 0.3) is 0 Å². The van der Waals surface area contributed by atoms with E-state index in [2.05, 4.69) is 68.4 Å². The summed E-state index contributed by atoms with van der Waals surface area (Å²) in [6.45, 7) is 6.47. The first kappa shape index (κ1) is 14.2. The minimum Gasteiger partial charge on any atom is -0.381 e. The van der Waals surface area contributed by atoms with Gasteiger partial charge in [-0.1, -0.05) is 55.7 Å². The molecule has 1 aromatic rings. The third-order valence-electron chi connectivity index (χ3n) is 3.74. The molecule has 1 aliphatic heterocycles. The molecule has 1 unspecified atom stereocenters. The Morgan fingerprint density at radius 1 is 1.25 bits per heavy atom. The topological polar surface area (TPSA) is 12.0 Å². The smallest absolute Gasteiger partial charge is 0.0701 e. The first-order valence-corrected chi connectivity index (χ1v) is 7.00. The molecular formula is C19H21N. The van der Waals surface area contributed by atoms with Gasteiger partial charge in [0.2, 0.25) is 0 Å². The monoisotopic (exact) mass is 263 g/mol. The maximum absolute atomic E-state index is 5.72. The Balaban J connectivity index is 2.38. The molecule has 0 fully saturated rings. The summed E-state index contributed by atoms with van der Waals surface area (Å²) < 4.78 is 0. The zero-order chi connectivity index (χ0) is 14.5. The Kier molecular flexibility index (Phi) is 4.48. The largest absolute Gasteiger partial charge is 0.381 e. The van der Waals surface area contributed by atoms with E-state index in [1.807, 2.05) is 12.3 Å². The Morgan fingerprint density at radius 2 is 1.95 bits per heavy atom. The van der Waals surface area contributed by atoms with Crippen molar-refractivity contribution in [2.75, 3.05) is 0 Å². The molecule has 0 bridgehead atoms. The maximum Gasteiger partial charge on any atom is 0.0701 e. The van der Waals surface area contributed by atoms with Crippen LogP contribution >= 0.6 is 0 Å². The number of allylic oxidation sites excluding steroid dienone is 4. The van der Waals surface area contributed by atoms with Crippen LogP contribution in [0.1, 0.15) is 32.4 Å². The third kappa shape index (κ3) is 3.03. The first-order chi connectivity index (χ1) is 9.63. The molecule has 1 heterocycles. The fourth-order valence-electron chi connectivity index (χ4n) is 2.26. The minimum atomic E-state index is 0.180. The second-order valence-electron chi connectivity index (χ2n) is 5.37. The van der Waals surface area contributed by atoms with Crippen molar-refractivity contribution in [3.63, 3.8) is 0 Å². The van der Waals surface area contributed by atoms with Crippen molar-refractivity contribution in [2.45, 2.75) is 26.8 Å². The molecule has 20 heavy (non-hydrogen) atoms. The number of dihydropyridines is 1. The van der Waals surface area contributed by atoms with E-state index in [1.54, 1.807) is 0 Å². The molecule has 1 atom stereocenters. The summed E-state index contributed by atoms with van der Waals surface area (Å²) in [5, 5.41) is 3.36. The van der Waals surface area contributed by atoms with Crippen LogP contribution < -0.4 is 5.32 Å². The van der Waals surface area contributed by atoms with Crippen LogP contribution in [0.4, 0.5) is 0 Å². The summed E-state index contributed by atoms with van der Waals surface area (Å²) in [6, 6.07) is 10.6. The molecule has 0 aliphatic carbocycles. The van der Waals surface area contributed by atoms with Gasteiger partial charge in [-0.25, -0.2) is 0 Å². The molecule has 0 aromatic heterocycles. The van der Waals surface area contributed by atoms with Crippen molar-refractivity contribution in [3.05, 3.63) is 71.0 Å². The summed E-state index contributed by atoms with van der Waals surface area (Å²) in [5.74, 6) is 3.32. The van der Waals surface area contributed by atoms with E-state index in [0.29, 0.717) is 5.92 Å².